The summed E-state index contributed by atoms with van der Waals surface area (Å²) in [5.41, 5.74) is 5.80. The average Bonchev–Trinajstić information content (AvgIpc) is 3.13. The average molecular weight is 413 g/mol. The molecule has 1 N–H and O–H groups in total. The molecule has 2 aromatic rings. The summed E-state index contributed by atoms with van der Waals surface area (Å²) >= 11 is 6.01. The van der Waals surface area contributed by atoms with Crippen LogP contribution in [0.3, 0.4) is 0 Å². The van der Waals surface area contributed by atoms with Crippen LogP contribution >= 0.6 is 11.6 Å². The minimum atomic E-state index is -0.253. The van der Waals surface area contributed by atoms with Gasteiger partial charge in [0.15, 0.2) is 0 Å². The van der Waals surface area contributed by atoms with E-state index < -0.39 is 0 Å². The Morgan fingerprint density at radius 2 is 1.90 bits per heavy atom. The van der Waals surface area contributed by atoms with Crippen LogP contribution in [0.2, 0.25) is 5.02 Å². The summed E-state index contributed by atoms with van der Waals surface area (Å²) in [6, 6.07) is 17.5. The van der Waals surface area contributed by atoms with Crippen molar-refractivity contribution in [2.45, 2.75) is 33.2 Å². The van der Waals surface area contributed by atoms with Crippen LogP contribution in [0.5, 0.6) is 0 Å². The number of hydrogen-bond acceptors (Lipinski definition) is 5. The van der Waals surface area contributed by atoms with Crippen LogP contribution in [0.25, 0.3) is 5.57 Å². The van der Waals surface area contributed by atoms with Crippen LogP contribution in [-0.4, -0.2) is 11.0 Å². The number of esters is 1. The van der Waals surface area contributed by atoms with Crippen molar-refractivity contribution < 1.29 is 14.4 Å². The number of benzene rings is 2. The standard InChI is InChI=1S/C23H25ClN2O3/c1-17(2)12-23(27)28-16-20(19-8-10-21(24)11-9-19)13-22-15-26(25-29-22)14-18-6-4-3-5-7-18/h3-11,15-17,25H,12-14H2,1-2H3. The summed E-state index contributed by atoms with van der Waals surface area (Å²) in [6.07, 6.45) is 4.26. The molecule has 1 aliphatic heterocycles. The van der Waals surface area contributed by atoms with E-state index >= 15 is 0 Å². The predicted octanol–water partition coefficient (Wildman–Crippen LogP) is 5.45. The number of carbonyl (C=O) groups is 1. The van der Waals surface area contributed by atoms with Crippen LogP contribution in [-0.2, 0) is 20.9 Å². The Morgan fingerprint density at radius 3 is 2.59 bits per heavy atom. The molecule has 0 bridgehead atoms. The second-order valence-electron chi connectivity index (χ2n) is 7.32. The lowest BCUT2D eigenvalue weighted by Gasteiger charge is -2.13. The molecule has 0 saturated carbocycles. The van der Waals surface area contributed by atoms with E-state index in [9.17, 15) is 4.79 Å². The number of allylic oxidation sites excluding steroid dienone is 1. The van der Waals surface area contributed by atoms with E-state index in [2.05, 4.69) is 17.7 Å². The number of nitrogens with one attached hydrogen (secondary N) is 1. The second-order valence-corrected chi connectivity index (χ2v) is 7.75. The molecule has 3 rings (SSSR count). The molecule has 0 aliphatic carbocycles. The smallest absolute Gasteiger partial charge is 0.310 e. The SMILES string of the molecule is CC(C)CC(=O)OC=C(CC1=CN(Cc2ccccc2)NO1)c1ccc(Cl)cc1. The van der Waals surface area contributed by atoms with Gasteiger partial charge in [0.05, 0.1) is 19.0 Å². The minimum absolute atomic E-state index is 0.242. The Bertz CT molecular complexity index is 877. The van der Waals surface area contributed by atoms with Gasteiger partial charge in [0, 0.05) is 23.4 Å². The molecule has 0 unspecified atom stereocenters. The van der Waals surface area contributed by atoms with Crippen LogP contribution in [0.1, 0.15) is 37.8 Å². The molecule has 0 atom stereocenters. The highest BCUT2D eigenvalue weighted by Gasteiger charge is 2.17. The van der Waals surface area contributed by atoms with Crippen LogP contribution in [0, 0.1) is 5.92 Å². The van der Waals surface area contributed by atoms with Crippen molar-refractivity contribution in [3.63, 3.8) is 0 Å². The summed E-state index contributed by atoms with van der Waals surface area (Å²) in [6.45, 7) is 4.64. The second kappa shape index (κ2) is 10.1. The highest BCUT2D eigenvalue weighted by molar-refractivity contribution is 6.30. The Morgan fingerprint density at radius 1 is 1.17 bits per heavy atom. The van der Waals surface area contributed by atoms with E-state index in [1.165, 1.54) is 6.26 Å². The molecule has 1 heterocycles. The lowest BCUT2D eigenvalue weighted by atomic mass is 10.0. The highest BCUT2D eigenvalue weighted by atomic mass is 35.5. The molecule has 29 heavy (non-hydrogen) atoms. The van der Waals surface area contributed by atoms with Crippen molar-refractivity contribution >= 4 is 23.1 Å². The number of rotatable bonds is 8. The molecule has 5 nitrogen and oxygen atoms in total. The molecule has 0 saturated heterocycles. The number of hydrogen-bond donors (Lipinski definition) is 1. The van der Waals surface area contributed by atoms with Crippen molar-refractivity contribution in [3.05, 3.63) is 89.0 Å². The summed E-state index contributed by atoms with van der Waals surface area (Å²) in [5, 5.41) is 2.52. The lowest BCUT2D eigenvalue weighted by molar-refractivity contribution is -0.138. The lowest BCUT2D eigenvalue weighted by Crippen LogP contribution is -2.26. The van der Waals surface area contributed by atoms with Crippen LogP contribution in [0.4, 0.5) is 0 Å². The van der Waals surface area contributed by atoms with Gasteiger partial charge in [0.2, 0.25) is 0 Å². The Labute approximate surface area is 176 Å². The summed E-state index contributed by atoms with van der Waals surface area (Å²) in [5.74, 6) is 0.713. The fraction of sp³-hybridized carbons (Fsp3) is 0.261. The van der Waals surface area contributed by atoms with Gasteiger partial charge >= 0.3 is 5.97 Å². The van der Waals surface area contributed by atoms with Gasteiger partial charge in [-0.3, -0.25) is 9.80 Å². The van der Waals surface area contributed by atoms with Crippen LogP contribution in [0.15, 0.2) is 72.8 Å². The topological polar surface area (TPSA) is 50.8 Å². The van der Waals surface area contributed by atoms with E-state index in [-0.39, 0.29) is 11.9 Å². The molecule has 0 aromatic heterocycles. The third-order valence-electron chi connectivity index (χ3n) is 4.28. The number of hydrazine groups is 1. The molecular formula is C23H25ClN2O3. The van der Waals surface area contributed by atoms with Gasteiger partial charge in [0.1, 0.15) is 5.76 Å². The van der Waals surface area contributed by atoms with Gasteiger partial charge in [0.25, 0.3) is 0 Å². The third kappa shape index (κ3) is 6.66. The van der Waals surface area contributed by atoms with Crippen LogP contribution < -0.4 is 5.59 Å². The maximum atomic E-state index is 12.0. The minimum Gasteiger partial charge on any atom is -0.434 e. The summed E-state index contributed by atoms with van der Waals surface area (Å²) in [4.78, 5) is 17.6. The molecule has 2 aromatic carbocycles. The Kier molecular flexibility index (Phi) is 7.33. The van der Waals surface area contributed by atoms with Gasteiger partial charge in [-0.05, 0) is 29.2 Å². The number of halogens is 1. The Hall–Kier alpha value is -2.76. The highest BCUT2D eigenvalue weighted by Crippen LogP contribution is 2.26. The first kappa shape index (κ1) is 21.0. The number of carbonyl (C=O) groups excluding carboxylic acids is 1. The van der Waals surface area contributed by atoms with Gasteiger partial charge in [-0.25, -0.2) is 0 Å². The van der Waals surface area contributed by atoms with Gasteiger partial charge < -0.3 is 9.57 Å². The first-order valence-electron chi connectivity index (χ1n) is 9.58. The molecule has 1 aliphatic rings. The maximum absolute atomic E-state index is 12.0. The van der Waals surface area contributed by atoms with E-state index in [1.54, 1.807) is 0 Å². The van der Waals surface area contributed by atoms with Crippen molar-refractivity contribution in [2.75, 3.05) is 0 Å². The molecule has 0 fully saturated rings. The monoisotopic (exact) mass is 412 g/mol. The molecule has 0 amide bonds. The van der Waals surface area contributed by atoms with Gasteiger partial charge in [-0.15, -0.1) is 0 Å². The first-order valence-corrected chi connectivity index (χ1v) is 9.95. The van der Waals surface area contributed by atoms with Gasteiger partial charge in [-0.1, -0.05) is 73.5 Å². The molecule has 0 radical (unpaired) electrons. The van der Waals surface area contributed by atoms with E-state index in [4.69, 9.17) is 21.2 Å². The number of nitrogens with zero attached hydrogens (tertiary/aromatic N) is 1. The Balaban J connectivity index is 1.71. The van der Waals surface area contributed by atoms with Crippen molar-refractivity contribution in [3.8, 4) is 0 Å². The van der Waals surface area contributed by atoms with Gasteiger partial charge in [-0.2, -0.15) is 0 Å². The van der Waals surface area contributed by atoms with E-state index in [1.807, 2.05) is 67.5 Å². The maximum Gasteiger partial charge on any atom is 0.310 e. The molecule has 0 spiro atoms. The zero-order valence-electron chi connectivity index (χ0n) is 16.6. The first-order chi connectivity index (χ1) is 14.0. The normalized spacial score (nSPS) is 14.0. The molecular weight excluding hydrogens is 388 g/mol. The van der Waals surface area contributed by atoms with Crippen molar-refractivity contribution in [2.24, 2.45) is 5.92 Å². The zero-order chi connectivity index (χ0) is 20.6. The summed E-state index contributed by atoms with van der Waals surface area (Å²) in [7, 11) is 0. The molecule has 6 heteroatoms. The van der Waals surface area contributed by atoms with Crippen molar-refractivity contribution in [1.29, 1.82) is 0 Å². The quantitative estimate of drug-likeness (QED) is 0.461. The largest absolute Gasteiger partial charge is 0.434 e. The third-order valence-corrected chi connectivity index (χ3v) is 4.53. The summed E-state index contributed by atoms with van der Waals surface area (Å²) < 4.78 is 5.38. The number of ether oxygens (including phenoxy) is 1. The predicted molar refractivity (Wildman–Crippen MR) is 114 cm³/mol. The fourth-order valence-corrected chi connectivity index (χ4v) is 2.99. The fourth-order valence-electron chi connectivity index (χ4n) is 2.87. The van der Waals surface area contributed by atoms with Crippen molar-refractivity contribution in [1.82, 2.24) is 10.6 Å². The van der Waals surface area contributed by atoms with E-state index in [0.29, 0.717) is 24.4 Å². The zero-order valence-corrected chi connectivity index (χ0v) is 17.4. The molecule has 152 valence electrons. The van der Waals surface area contributed by atoms with E-state index in [0.717, 1.165) is 22.5 Å².